The molecule has 0 spiro atoms. The van der Waals surface area contributed by atoms with Crippen LogP contribution in [0, 0.1) is 0 Å². The molecule has 1 aliphatic heterocycles. The fraction of sp³-hybridized carbons (Fsp3) is 0.294. The van der Waals surface area contributed by atoms with Gasteiger partial charge in [-0.1, -0.05) is 41.9 Å². The predicted octanol–water partition coefficient (Wildman–Crippen LogP) is 3.83. The molecular weight excluding hydrogens is 328 g/mol. The van der Waals surface area contributed by atoms with Crippen molar-refractivity contribution in [3.63, 3.8) is 0 Å². The van der Waals surface area contributed by atoms with Crippen LogP contribution >= 0.6 is 23.4 Å². The van der Waals surface area contributed by atoms with Crippen molar-refractivity contribution in [3.8, 4) is 11.4 Å². The highest BCUT2D eigenvalue weighted by atomic mass is 35.5. The first-order valence-corrected chi connectivity index (χ1v) is 9.23. The van der Waals surface area contributed by atoms with Gasteiger partial charge in [-0.15, -0.1) is 0 Å². The molecule has 3 aromatic rings. The van der Waals surface area contributed by atoms with Gasteiger partial charge in [0.15, 0.2) is 5.82 Å². The number of nitrogens with one attached hydrogen (secondary N) is 1. The molecule has 6 heteroatoms. The Labute approximate surface area is 144 Å². The lowest BCUT2D eigenvalue weighted by atomic mass is 10.2. The van der Waals surface area contributed by atoms with Gasteiger partial charge in [-0.2, -0.15) is 11.8 Å². The summed E-state index contributed by atoms with van der Waals surface area (Å²) in [6.07, 6.45) is 0. The molecule has 4 rings (SSSR count). The molecule has 1 N–H and O–H groups in total. The molecule has 0 bridgehead atoms. The summed E-state index contributed by atoms with van der Waals surface area (Å²) in [5, 5.41) is 1.40. The summed E-state index contributed by atoms with van der Waals surface area (Å²) in [5.41, 5.74) is 2.93. The van der Waals surface area contributed by atoms with Crippen molar-refractivity contribution in [1.82, 2.24) is 19.9 Å². The van der Waals surface area contributed by atoms with E-state index >= 15 is 0 Å². The second-order valence-electron chi connectivity index (χ2n) is 5.65. The third kappa shape index (κ3) is 3.22. The van der Waals surface area contributed by atoms with Crippen molar-refractivity contribution >= 4 is 34.4 Å². The minimum atomic E-state index is 0.505. The van der Waals surface area contributed by atoms with Crippen molar-refractivity contribution in [2.24, 2.45) is 0 Å². The largest absolute Gasteiger partial charge is 0.342 e. The minimum absolute atomic E-state index is 0.505. The van der Waals surface area contributed by atoms with Crippen LogP contribution in [0.2, 0.25) is 5.15 Å². The Balaban J connectivity index is 1.66. The molecular formula is C17H17ClN4S. The molecule has 0 unspecified atom stereocenters. The van der Waals surface area contributed by atoms with Crippen molar-refractivity contribution in [1.29, 1.82) is 0 Å². The highest BCUT2D eigenvalue weighted by Crippen LogP contribution is 2.26. The second-order valence-corrected chi connectivity index (χ2v) is 7.23. The average molecular weight is 345 g/mol. The average Bonchev–Trinajstić information content (AvgIpc) is 2.99. The smallest absolute Gasteiger partial charge is 0.163 e. The van der Waals surface area contributed by atoms with Crippen molar-refractivity contribution in [2.45, 2.75) is 6.54 Å². The number of halogens is 1. The van der Waals surface area contributed by atoms with Crippen LogP contribution in [0.25, 0.3) is 22.4 Å². The quantitative estimate of drug-likeness (QED) is 0.733. The van der Waals surface area contributed by atoms with Gasteiger partial charge in [0, 0.05) is 42.4 Å². The third-order valence-electron chi connectivity index (χ3n) is 4.03. The van der Waals surface area contributed by atoms with Gasteiger partial charge in [-0.25, -0.2) is 9.97 Å². The lowest BCUT2D eigenvalue weighted by molar-refractivity contribution is 0.292. The molecule has 4 nitrogen and oxygen atoms in total. The van der Waals surface area contributed by atoms with Crippen LogP contribution in [0.4, 0.5) is 0 Å². The predicted molar refractivity (Wildman–Crippen MR) is 96.9 cm³/mol. The van der Waals surface area contributed by atoms with E-state index in [1.807, 2.05) is 42.1 Å². The van der Waals surface area contributed by atoms with Crippen LogP contribution in [0.15, 0.2) is 36.4 Å². The number of nitrogens with zero attached hydrogens (tertiary/aromatic N) is 3. The Morgan fingerprint density at radius 2 is 1.91 bits per heavy atom. The molecule has 0 saturated carbocycles. The molecule has 3 heterocycles. The van der Waals surface area contributed by atoms with E-state index in [4.69, 9.17) is 11.6 Å². The van der Waals surface area contributed by atoms with Crippen molar-refractivity contribution in [2.75, 3.05) is 24.6 Å². The number of hydrogen-bond donors (Lipinski definition) is 1. The molecule has 1 aliphatic rings. The SMILES string of the molecule is Clc1nc(-c2ccccc2)nc2[nH]c(CN3CCSCC3)cc12. The molecule has 118 valence electrons. The van der Waals surface area contributed by atoms with Gasteiger partial charge in [0.1, 0.15) is 10.8 Å². The van der Waals surface area contributed by atoms with E-state index in [2.05, 4.69) is 25.9 Å². The van der Waals surface area contributed by atoms with Gasteiger partial charge < -0.3 is 4.98 Å². The first kappa shape index (κ1) is 15.0. The Hall–Kier alpha value is -1.56. The van der Waals surface area contributed by atoms with Crippen LogP contribution in [0.1, 0.15) is 5.69 Å². The number of hydrogen-bond acceptors (Lipinski definition) is 4. The highest BCUT2D eigenvalue weighted by molar-refractivity contribution is 7.99. The monoisotopic (exact) mass is 344 g/mol. The molecule has 23 heavy (non-hydrogen) atoms. The van der Waals surface area contributed by atoms with E-state index < -0.39 is 0 Å². The van der Waals surface area contributed by atoms with Gasteiger partial charge in [-0.05, 0) is 6.07 Å². The number of benzene rings is 1. The summed E-state index contributed by atoms with van der Waals surface area (Å²) in [7, 11) is 0. The first-order chi connectivity index (χ1) is 11.3. The Morgan fingerprint density at radius 1 is 1.13 bits per heavy atom. The number of aromatic nitrogens is 3. The van der Waals surface area contributed by atoms with Crippen LogP contribution in [-0.4, -0.2) is 44.4 Å². The standard InChI is InChI=1S/C17H17ClN4S/c18-15-14-10-13(11-22-6-8-23-9-7-22)19-17(14)21-16(20-15)12-4-2-1-3-5-12/h1-5,10H,6-9,11H2,(H,19,20,21). The van der Waals surface area contributed by atoms with E-state index in [1.54, 1.807) is 0 Å². The van der Waals surface area contributed by atoms with Crippen LogP contribution in [0.3, 0.4) is 0 Å². The fourth-order valence-electron chi connectivity index (χ4n) is 2.83. The van der Waals surface area contributed by atoms with Crippen LogP contribution in [-0.2, 0) is 6.54 Å². The van der Waals surface area contributed by atoms with Gasteiger partial charge in [0.05, 0.1) is 5.39 Å². The van der Waals surface area contributed by atoms with Crippen molar-refractivity contribution in [3.05, 3.63) is 47.2 Å². The molecule has 0 radical (unpaired) electrons. The summed E-state index contributed by atoms with van der Waals surface area (Å²) < 4.78 is 0. The molecule has 0 amide bonds. The second kappa shape index (κ2) is 6.51. The number of aromatic amines is 1. The maximum absolute atomic E-state index is 6.38. The molecule has 2 aromatic heterocycles. The Bertz CT molecular complexity index is 812. The minimum Gasteiger partial charge on any atom is -0.342 e. The number of thioether (sulfide) groups is 1. The number of fused-ring (bicyclic) bond motifs is 1. The molecule has 1 aromatic carbocycles. The normalized spacial score (nSPS) is 16.0. The number of H-pyrrole nitrogens is 1. The summed E-state index contributed by atoms with van der Waals surface area (Å²) >= 11 is 8.40. The zero-order chi connectivity index (χ0) is 15.6. The topological polar surface area (TPSA) is 44.8 Å². The van der Waals surface area contributed by atoms with Crippen LogP contribution in [0.5, 0.6) is 0 Å². The summed E-state index contributed by atoms with van der Waals surface area (Å²) in [6.45, 7) is 3.18. The summed E-state index contributed by atoms with van der Waals surface area (Å²) in [5.74, 6) is 3.07. The zero-order valence-corrected chi connectivity index (χ0v) is 14.2. The van der Waals surface area contributed by atoms with Gasteiger partial charge >= 0.3 is 0 Å². The zero-order valence-electron chi connectivity index (χ0n) is 12.6. The van der Waals surface area contributed by atoms with Crippen molar-refractivity contribution < 1.29 is 0 Å². The fourth-order valence-corrected chi connectivity index (χ4v) is 4.03. The third-order valence-corrected chi connectivity index (χ3v) is 5.26. The van der Waals surface area contributed by atoms with Gasteiger partial charge in [-0.3, -0.25) is 4.90 Å². The van der Waals surface area contributed by atoms with Crippen LogP contribution < -0.4 is 0 Å². The number of rotatable bonds is 3. The molecule has 0 aliphatic carbocycles. The summed E-state index contributed by atoms with van der Waals surface area (Å²) in [6, 6.07) is 12.0. The lowest BCUT2D eigenvalue weighted by Crippen LogP contribution is -2.32. The molecule has 0 atom stereocenters. The summed E-state index contributed by atoms with van der Waals surface area (Å²) in [4.78, 5) is 15.0. The lowest BCUT2D eigenvalue weighted by Gasteiger charge is -2.25. The van der Waals surface area contributed by atoms with E-state index in [1.165, 1.54) is 11.5 Å². The van der Waals surface area contributed by atoms with E-state index in [9.17, 15) is 0 Å². The molecule has 1 fully saturated rings. The first-order valence-electron chi connectivity index (χ1n) is 7.70. The van der Waals surface area contributed by atoms with Gasteiger partial charge in [0.2, 0.25) is 0 Å². The Morgan fingerprint density at radius 3 is 2.70 bits per heavy atom. The maximum atomic E-state index is 6.38. The van der Waals surface area contributed by atoms with E-state index in [0.717, 1.165) is 41.9 Å². The highest BCUT2D eigenvalue weighted by Gasteiger charge is 2.15. The maximum Gasteiger partial charge on any atom is 0.163 e. The molecule has 1 saturated heterocycles. The van der Waals surface area contributed by atoms with E-state index in [-0.39, 0.29) is 0 Å². The van der Waals surface area contributed by atoms with Gasteiger partial charge in [0.25, 0.3) is 0 Å². The Kier molecular flexibility index (Phi) is 4.25. The van der Waals surface area contributed by atoms with E-state index in [0.29, 0.717) is 11.0 Å².